The molecule has 1 amide bonds. The maximum atomic E-state index is 12.3. The van der Waals surface area contributed by atoms with E-state index in [1.54, 1.807) is 12.3 Å². The lowest BCUT2D eigenvalue weighted by atomic mass is 10.1. The van der Waals surface area contributed by atoms with Gasteiger partial charge in [0.05, 0.1) is 6.04 Å². The number of nitrogens with zero attached hydrogens (tertiary/aromatic N) is 4. The highest BCUT2D eigenvalue weighted by Gasteiger charge is 2.18. The minimum Gasteiger partial charge on any atom is -0.350 e. The molecule has 0 bridgehead atoms. The van der Waals surface area contributed by atoms with Gasteiger partial charge in [-0.2, -0.15) is 5.10 Å². The third-order valence-corrected chi connectivity index (χ3v) is 4.53. The Morgan fingerprint density at radius 3 is 3.08 bits per heavy atom. The number of rotatable bonds is 6. The van der Waals surface area contributed by atoms with E-state index in [4.69, 9.17) is 0 Å². The van der Waals surface area contributed by atoms with Gasteiger partial charge in [0.1, 0.15) is 11.5 Å². The number of carbonyl (C=O) groups is 1. The van der Waals surface area contributed by atoms with Gasteiger partial charge in [0.25, 0.3) is 5.91 Å². The number of hydrogen-bond donors (Lipinski definition) is 2. The molecule has 2 N–H and O–H groups in total. The number of hydrogen-bond acceptors (Lipinski definition) is 4. The number of piperidine rings is 1. The molecule has 130 valence electrons. The first-order valence-electron chi connectivity index (χ1n) is 8.65. The number of amides is 1. The average molecular weight is 330 g/mol. The van der Waals surface area contributed by atoms with E-state index >= 15 is 0 Å². The fourth-order valence-corrected chi connectivity index (χ4v) is 3.08. The number of aromatic nitrogens is 4. The number of carbonyl (C=O) groups excluding carboxylic acids is 1. The zero-order valence-corrected chi connectivity index (χ0v) is 14.4. The first kappa shape index (κ1) is 16.7. The lowest BCUT2D eigenvalue weighted by Gasteiger charge is -2.22. The Bertz CT molecular complexity index is 670. The summed E-state index contributed by atoms with van der Waals surface area (Å²) in [5.41, 5.74) is 0.492. The molecule has 3 heterocycles. The molecule has 0 aliphatic carbocycles. The lowest BCUT2D eigenvalue weighted by Crippen LogP contribution is -2.33. The molecule has 2 unspecified atom stereocenters. The van der Waals surface area contributed by atoms with E-state index in [0.717, 1.165) is 38.3 Å². The van der Waals surface area contributed by atoms with E-state index in [0.29, 0.717) is 24.2 Å². The van der Waals surface area contributed by atoms with Crippen molar-refractivity contribution in [3.8, 4) is 0 Å². The number of aryl methyl sites for hydroxylation is 1. The predicted octanol–water partition coefficient (Wildman–Crippen LogP) is 1.38. The van der Waals surface area contributed by atoms with E-state index in [1.807, 2.05) is 24.0 Å². The fraction of sp³-hybridized carbons (Fsp3) is 0.588. The molecule has 2 aromatic rings. The van der Waals surface area contributed by atoms with Gasteiger partial charge in [-0.3, -0.25) is 9.48 Å². The van der Waals surface area contributed by atoms with Crippen LogP contribution in [0.25, 0.3) is 0 Å². The summed E-state index contributed by atoms with van der Waals surface area (Å²) in [5, 5.41) is 10.8. The molecule has 0 spiro atoms. The van der Waals surface area contributed by atoms with Crippen molar-refractivity contribution in [1.29, 1.82) is 0 Å². The van der Waals surface area contributed by atoms with E-state index in [1.165, 1.54) is 0 Å². The maximum Gasteiger partial charge on any atom is 0.271 e. The van der Waals surface area contributed by atoms with Crippen LogP contribution in [0.1, 0.15) is 42.1 Å². The van der Waals surface area contributed by atoms with E-state index in [-0.39, 0.29) is 5.91 Å². The molecule has 24 heavy (non-hydrogen) atoms. The van der Waals surface area contributed by atoms with Gasteiger partial charge in [-0.05, 0) is 38.3 Å². The van der Waals surface area contributed by atoms with Crippen molar-refractivity contribution < 1.29 is 4.79 Å². The van der Waals surface area contributed by atoms with Crippen molar-refractivity contribution in [2.45, 2.75) is 39.3 Å². The monoisotopic (exact) mass is 330 g/mol. The summed E-state index contributed by atoms with van der Waals surface area (Å²) >= 11 is 0. The second-order valence-corrected chi connectivity index (χ2v) is 6.62. The van der Waals surface area contributed by atoms with Crippen LogP contribution in [0.5, 0.6) is 0 Å². The van der Waals surface area contributed by atoms with Crippen LogP contribution >= 0.6 is 0 Å². The molecule has 7 heteroatoms. The van der Waals surface area contributed by atoms with Gasteiger partial charge in [0.2, 0.25) is 0 Å². The molecule has 1 saturated heterocycles. The smallest absolute Gasteiger partial charge is 0.271 e. The molecule has 0 aromatic carbocycles. The number of imidazole rings is 1. The predicted molar refractivity (Wildman–Crippen MR) is 91.8 cm³/mol. The third kappa shape index (κ3) is 4.03. The summed E-state index contributed by atoms with van der Waals surface area (Å²) in [6, 6.07) is 2.15. The van der Waals surface area contributed by atoms with Gasteiger partial charge in [0.15, 0.2) is 0 Å². The van der Waals surface area contributed by atoms with Crippen LogP contribution in [-0.4, -0.2) is 44.9 Å². The first-order valence-corrected chi connectivity index (χ1v) is 8.65. The molecule has 2 aromatic heterocycles. The van der Waals surface area contributed by atoms with Gasteiger partial charge in [-0.1, -0.05) is 6.92 Å². The van der Waals surface area contributed by atoms with Gasteiger partial charge in [-0.15, -0.1) is 0 Å². The van der Waals surface area contributed by atoms with Crippen LogP contribution in [0.4, 0.5) is 0 Å². The molecule has 3 rings (SSSR count). The molecule has 7 nitrogen and oxygen atoms in total. The summed E-state index contributed by atoms with van der Waals surface area (Å²) in [7, 11) is 0. The summed E-state index contributed by atoms with van der Waals surface area (Å²) in [4.78, 5) is 16.5. The van der Waals surface area contributed by atoms with Crippen LogP contribution < -0.4 is 10.6 Å². The van der Waals surface area contributed by atoms with Crippen LogP contribution in [0, 0.1) is 12.8 Å². The molecule has 1 aliphatic heterocycles. The van der Waals surface area contributed by atoms with Crippen molar-refractivity contribution in [1.82, 2.24) is 30.0 Å². The third-order valence-electron chi connectivity index (χ3n) is 4.53. The van der Waals surface area contributed by atoms with Gasteiger partial charge in [-0.25, -0.2) is 4.98 Å². The Morgan fingerprint density at radius 1 is 1.50 bits per heavy atom. The Hall–Kier alpha value is -2.15. The molecule has 1 aliphatic rings. The van der Waals surface area contributed by atoms with E-state index in [2.05, 4.69) is 32.2 Å². The minimum absolute atomic E-state index is 0.105. The second kappa shape index (κ2) is 7.61. The highest BCUT2D eigenvalue weighted by atomic mass is 16.1. The van der Waals surface area contributed by atoms with E-state index < -0.39 is 0 Å². The molecular formula is C17H26N6O. The maximum absolute atomic E-state index is 12.3. The summed E-state index contributed by atoms with van der Waals surface area (Å²) in [6.07, 6.45) is 7.93. The van der Waals surface area contributed by atoms with Gasteiger partial charge < -0.3 is 15.2 Å². The van der Waals surface area contributed by atoms with Crippen molar-refractivity contribution >= 4 is 5.91 Å². The SMILES string of the molecule is Cc1nccn1CC(C)CNC(=O)c1ccn(C2CCCNC2)n1. The number of nitrogens with one attached hydrogen (secondary N) is 2. The summed E-state index contributed by atoms with van der Waals surface area (Å²) in [5.74, 6) is 1.21. The van der Waals surface area contributed by atoms with Gasteiger partial charge >= 0.3 is 0 Å². The largest absolute Gasteiger partial charge is 0.350 e. The Balaban J connectivity index is 1.49. The highest BCUT2D eigenvalue weighted by molar-refractivity contribution is 5.92. The fourth-order valence-electron chi connectivity index (χ4n) is 3.08. The Morgan fingerprint density at radius 2 is 2.38 bits per heavy atom. The van der Waals surface area contributed by atoms with Crippen LogP contribution in [0.15, 0.2) is 24.7 Å². The topological polar surface area (TPSA) is 76.8 Å². The Kier molecular flexibility index (Phi) is 5.30. The van der Waals surface area contributed by atoms with Crippen molar-refractivity contribution in [3.05, 3.63) is 36.2 Å². The molecule has 2 atom stereocenters. The quantitative estimate of drug-likeness (QED) is 0.839. The summed E-state index contributed by atoms with van der Waals surface area (Å²) in [6.45, 7) is 7.55. The van der Waals surface area contributed by atoms with Gasteiger partial charge in [0, 0.05) is 38.2 Å². The van der Waals surface area contributed by atoms with Crippen LogP contribution in [0.2, 0.25) is 0 Å². The standard InChI is InChI=1S/C17H26N6O/c1-13(12-22-9-7-19-14(22)2)10-20-17(24)16-5-8-23(21-16)15-4-3-6-18-11-15/h5,7-9,13,15,18H,3-4,6,10-12H2,1-2H3,(H,20,24). The highest BCUT2D eigenvalue weighted by Crippen LogP contribution is 2.15. The van der Waals surface area contributed by atoms with Crippen molar-refractivity contribution in [2.24, 2.45) is 5.92 Å². The van der Waals surface area contributed by atoms with Crippen molar-refractivity contribution in [2.75, 3.05) is 19.6 Å². The van der Waals surface area contributed by atoms with Crippen LogP contribution in [0.3, 0.4) is 0 Å². The van der Waals surface area contributed by atoms with Crippen molar-refractivity contribution in [3.63, 3.8) is 0 Å². The lowest BCUT2D eigenvalue weighted by molar-refractivity contribution is 0.0940. The normalized spacial score (nSPS) is 19.2. The summed E-state index contributed by atoms with van der Waals surface area (Å²) < 4.78 is 4.01. The zero-order valence-electron chi connectivity index (χ0n) is 14.4. The zero-order chi connectivity index (χ0) is 16.9. The first-order chi connectivity index (χ1) is 11.6. The minimum atomic E-state index is -0.105. The Labute approximate surface area is 142 Å². The molecule has 0 saturated carbocycles. The second-order valence-electron chi connectivity index (χ2n) is 6.62. The van der Waals surface area contributed by atoms with Crippen LogP contribution in [-0.2, 0) is 6.54 Å². The molecular weight excluding hydrogens is 304 g/mol. The van der Waals surface area contributed by atoms with E-state index in [9.17, 15) is 4.79 Å². The molecule has 1 fully saturated rings. The average Bonchev–Trinajstić information content (AvgIpc) is 3.23. The molecule has 0 radical (unpaired) electrons.